The summed E-state index contributed by atoms with van der Waals surface area (Å²) in [7, 11) is -3.92. The first kappa shape index (κ1) is 16.1. The molecule has 0 unspecified atom stereocenters. The van der Waals surface area contributed by atoms with E-state index in [4.69, 9.17) is 9.78 Å². The highest BCUT2D eigenvalue weighted by molar-refractivity contribution is 7.92. The van der Waals surface area contributed by atoms with Crippen molar-refractivity contribution in [1.82, 2.24) is 10.1 Å². The van der Waals surface area contributed by atoms with Gasteiger partial charge in [-0.15, -0.1) is 0 Å². The van der Waals surface area contributed by atoms with E-state index < -0.39 is 10.0 Å². The summed E-state index contributed by atoms with van der Waals surface area (Å²) in [4.78, 5) is 2.92. The lowest BCUT2D eigenvalue weighted by Gasteiger charge is -2.12. The summed E-state index contributed by atoms with van der Waals surface area (Å²) in [6.07, 6.45) is 1.54. The zero-order valence-electron chi connectivity index (χ0n) is 13.4. The summed E-state index contributed by atoms with van der Waals surface area (Å²) in [5, 5.41) is 13.3. The number of nitriles is 1. The molecule has 124 valence electrons. The van der Waals surface area contributed by atoms with Gasteiger partial charge in [0, 0.05) is 23.1 Å². The Balaban J connectivity index is 2.00. The number of sulfonamides is 1. The summed E-state index contributed by atoms with van der Waals surface area (Å²) in [6.45, 7) is 5.74. The van der Waals surface area contributed by atoms with Crippen LogP contribution in [-0.2, 0) is 15.4 Å². The van der Waals surface area contributed by atoms with Gasteiger partial charge in [-0.05, 0) is 6.07 Å². The molecule has 0 fully saturated rings. The first-order valence-electron chi connectivity index (χ1n) is 7.22. The molecule has 3 rings (SSSR count). The number of anilines is 1. The van der Waals surface area contributed by atoms with Gasteiger partial charge < -0.3 is 9.51 Å². The Hall–Kier alpha value is -2.79. The number of nitrogens with zero attached hydrogens (tertiary/aromatic N) is 2. The second-order valence-corrected chi connectivity index (χ2v) is 8.04. The Bertz CT molecular complexity index is 1050. The molecule has 0 spiro atoms. The highest BCUT2D eigenvalue weighted by Crippen LogP contribution is 2.28. The van der Waals surface area contributed by atoms with Crippen molar-refractivity contribution in [1.29, 1.82) is 5.26 Å². The van der Waals surface area contributed by atoms with E-state index in [1.807, 2.05) is 20.8 Å². The van der Waals surface area contributed by atoms with E-state index in [1.165, 1.54) is 12.3 Å². The molecule has 0 saturated carbocycles. The maximum atomic E-state index is 12.5. The number of nitrogens with one attached hydrogen (secondary N) is 2. The van der Waals surface area contributed by atoms with Gasteiger partial charge in [-0.3, -0.25) is 4.72 Å². The van der Waals surface area contributed by atoms with Crippen LogP contribution in [0.3, 0.4) is 0 Å². The third-order valence-corrected chi connectivity index (χ3v) is 4.81. The molecular weight excluding hydrogens is 328 g/mol. The van der Waals surface area contributed by atoms with Crippen LogP contribution in [-0.4, -0.2) is 18.6 Å². The van der Waals surface area contributed by atoms with E-state index in [0.717, 1.165) is 0 Å². The van der Waals surface area contributed by atoms with Crippen molar-refractivity contribution in [2.45, 2.75) is 31.3 Å². The van der Waals surface area contributed by atoms with Gasteiger partial charge in [0.05, 0.1) is 22.5 Å². The fourth-order valence-electron chi connectivity index (χ4n) is 2.27. The number of aromatic amines is 1. The van der Waals surface area contributed by atoms with Crippen molar-refractivity contribution in [2.24, 2.45) is 0 Å². The smallest absolute Gasteiger partial charge is 0.298 e. The summed E-state index contributed by atoms with van der Waals surface area (Å²) in [5.74, 6) is 0. The van der Waals surface area contributed by atoms with Crippen LogP contribution in [0.15, 0.2) is 40.1 Å². The highest BCUT2D eigenvalue weighted by atomic mass is 32.2. The normalized spacial score (nSPS) is 12.2. The zero-order chi connectivity index (χ0) is 17.5. The fourth-order valence-corrected chi connectivity index (χ4v) is 3.23. The summed E-state index contributed by atoms with van der Waals surface area (Å²) < 4.78 is 32.6. The highest BCUT2D eigenvalue weighted by Gasteiger charge is 2.26. The Labute approximate surface area is 139 Å². The van der Waals surface area contributed by atoms with E-state index in [0.29, 0.717) is 27.8 Å². The number of H-pyrrole nitrogens is 1. The van der Waals surface area contributed by atoms with Gasteiger partial charge >= 0.3 is 0 Å². The van der Waals surface area contributed by atoms with Gasteiger partial charge in [-0.25, -0.2) is 0 Å². The van der Waals surface area contributed by atoms with E-state index in [9.17, 15) is 8.42 Å². The van der Waals surface area contributed by atoms with E-state index in [2.05, 4.69) is 20.9 Å². The second kappa shape index (κ2) is 5.39. The molecule has 3 aromatic rings. The molecule has 0 aliphatic carbocycles. The molecule has 0 aliphatic heterocycles. The molecule has 8 heteroatoms. The molecule has 2 aromatic heterocycles. The Kier molecular flexibility index (Phi) is 3.61. The van der Waals surface area contributed by atoms with Crippen molar-refractivity contribution in [3.63, 3.8) is 0 Å². The third-order valence-electron chi connectivity index (χ3n) is 3.60. The number of fused-ring (bicyclic) bond motifs is 1. The average Bonchev–Trinajstić information content (AvgIpc) is 3.14. The largest absolute Gasteiger partial charge is 0.358 e. The van der Waals surface area contributed by atoms with Crippen molar-refractivity contribution in [3.8, 4) is 6.07 Å². The first-order valence-corrected chi connectivity index (χ1v) is 8.71. The van der Waals surface area contributed by atoms with Gasteiger partial charge in [0.25, 0.3) is 15.1 Å². The predicted octanol–water partition coefficient (Wildman–Crippen LogP) is 3.13. The van der Waals surface area contributed by atoms with Crippen LogP contribution in [0.2, 0.25) is 0 Å². The fraction of sp³-hybridized carbons (Fsp3) is 0.250. The van der Waals surface area contributed by atoms with E-state index in [1.54, 1.807) is 18.2 Å². The Morgan fingerprint density at radius 3 is 2.71 bits per heavy atom. The molecular formula is C16H16N4O3S. The average molecular weight is 344 g/mol. The molecule has 1 aromatic carbocycles. The van der Waals surface area contributed by atoms with E-state index >= 15 is 0 Å². The van der Waals surface area contributed by atoms with Crippen LogP contribution in [0.5, 0.6) is 0 Å². The molecule has 0 bridgehead atoms. The number of para-hydroxylation sites is 1. The van der Waals surface area contributed by atoms with Crippen LogP contribution >= 0.6 is 0 Å². The van der Waals surface area contributed by atoms with Crippen LogP contribution in [0, 0.1) is 11.3 Å². The summed E-state index contributed by atoms with van der Waals surface area (Å²) in [6, 6.07) is 8.50. The maximum absolute atomic E-state index is 12.5. The Morgan fingerprint density at radius 2 is 2.08 bits per heavy atom. The molecule has 0 aliphatic rings. The lowest BCUT2D eigenvalue weighted by Crippen LogP contribution is -2.13. The summed E-state index contributed by atoms with van der Waals surface area (Å²) in [5.41, 5.74) is 1.54. The van der Waals surface area contributed by atoms with Crippen LogP contribution in [0.1, 0.15) is 32.0 Å². The van der Waals surface area contributed by atoms with Crippen LogP contribution < -0.4 is 4.72 Å². The van der Waals surface area contributed by atoms with Gasteiger partial charge in [0.15, 0.2) is 0 Å². The molecule has 2 heterocycles. The number of benzene rings is 1. The topological polar surface area (TPSA) is 112 Å². The lowest BCUT2D eigenvalue weighted by molar-refractivity contribution is 0.327. The lowest BCUT2D eigenvalue weighted by atomic mass is 9.93. The number of rotatable bonds is 3. The van der Waals surface area contributed by atoms with Gasteiger partial charge in [-0.1, -0.05) is 38.1 Å². The molecule has 0 amide bonds. The number of hydrogen-bond donors (Lipinski definition) is 2. The number of hydrogen-bond acceptors (Lipinski definition) is 5. The molecule has 2 N–H and O–H groups in total. The van der Waals surface area contributed by atoms with Crippen LogP contribution in [0.4, 0.5) is 5.69 Å². The summed E-state index contributed by atoms with van der Waals surface area (Å²) >= 11 is 0. The van der Waals surface area contributed by atoms with E-state index in [-0.39, 0.29) is 10.5 Å². The first-order chi connectivity index (χ1) is 11.2. The van der Waals surface area contributed by atoms with Gasteiger partial charge in [0.1, 0.15) is 6.07 Å². The van der Waals surface area contributed by atoms with Crippen LogP contribution in [0.25, 0.3) is 10.9 Å². The van der Waals surface area contributed by atoms with Gasteiger partial charge in [0.2, 0.25) is 0 Å². The SMILES string of the molecule is CC(C)(C)c1cc(S(=O)(=O)Nc2cccc3c(C#N)c[nH]c23)on1. The Morgan fingerprint density at radius 1 is 1.33 bits per heavy atom. The van der Waals surface area contributed by atoms with Crippen molar-refractivity contribution >= 4 is 26.6 Å². The van der Waals surface area contributed by atoms with Crippen molar-refractivity contribution in [2.75, 3.05) is 4.72 Å². The molecule has 0 saturated heterocycles. The monoisotopic (exact) mass is 344 g/mol. The zero-order valence-corrected chi connectivity index (χ0v) is 14.2. The quantitative estimate of drug-likeness (QED) is 0.758. The standard InChI is InChI=1S/C16H16N4O3S/c1-16(2,3)13-7-14(23-19-13)24(21,22)20-12-6-4-5-11-10(8-17)9-18-15(11)12/h4-7,9,18,20H,1-3H3. The van der Waals surface area contributed by atoms with Crippen molar-refractivity contribution < 1.29 is 12.9 Å². The minimum Gasteiger partial charge on any atom is -0.358 e. The maximum Gasteiger partial charge on any atom is 0.298 e. The molecule has 0 radical (unpaired) electrons. The third kappa shape index (κ3) is 2.74. The molecule has 24 heavy (non-hydrogen) atoms. The minimum atomic E-state index is -3.92. The van der Waals surface area contributed by atoms with Crippen molar-refractivity contribution in [3.05, 3.63) is 41.7 Å². The molecule has 0 atom stereocenters. The number of aromatic nitrogens is 2. The van der Waals surface area contributed by atoms with Gasteiger partial charge in [-0.2, -0.15) is 13.7 Å². The molecule has 7 nitrogen and oxygen atoms in total. The minimum absolute atomic E-state index is 0.253. The second-order valence-electron chi connectivity index (χ2n) is 6.43. The predicted molar refractivity (Wildman–Crippen MR) is 89.0 cm³/mol.